The number of thiophene rings is 1. The number of ether oxygens (including phenoxy) is 1. The zero-order valence-corrected chi connectivity index (χ0v) is 12.7. The molecule has 0 fully saturated rings. The van der Waals surface area contributed by atoms with E-state index in [0.29, 0.717) is 17.1 Å². The average molecular weight is 306 g/mol. The van der Waals surface area contributed by atoms with Crippen LogP contribution in [0.25, 0.3) is 10.1 Å². The Kier molecular flexibility index (Phi) is 5.16. The lowest BCUT2D eigenvalue weighted by Gasteiger charge is -2.04. The van der Waals surface area contributed by atoms with Gasteiger partial charge < -0.3 is 15.8 Å². The minimum Gasteiger partial charge on any atom is -0.451 e. The van der Waals surface area contributed by atoms with Gasteiger partial charge in [0.05, 0.1) is 0 Å². The SMILES string of the molecule is CCCCNC(=O)COC(=O)c1cc2cc(N)ccc2s1. The summed E-state index contributed by atoms with van der Waals surface area (Å²) in [4.78, 5) is 23.8. The molecule has 1 aromatic heterocycles. The summed E-state index contributed by atoms with van der Waals surface area (Å²) >= 11 is 1.33. The topological polar surface area (TPSA) is 81.4 Å². The fourth-order valence-electron chi connectivity index (χ4n) is 1.82. The normalized spacial score (nSPS) is 10.5. The smallest absolute Gasteiger partial charge is 0.348 e. The highest BCUT2D eigenvalue weighted by atomic mass is 32.1. The van der Waals surface area contributed by atoms with E-state index in [2.05, 4.69) is 5.32 Å². The van der Waals surface area contributed by atoms with E-state index in [-0.39, 0.29) is 12.5 Å². The van der Waals surface area contributed by atoms with E-state index in [1.54, 1.807) is 18.2 Å². The Morgan fingerprint density at radius 3 is 2.90 bits per heavy atom. The fraction of sp³-hybridized carbons (Fsp3) is 0.333. The Hall–Kier alpha value is -2.08. The third-order valence-corrected chi connectivity index (χ3v) is 4.02. The fourth-order valence-corrected chi connectivity index (χ4v) is 2.76. The number of anilines is 1. The molecule has 0 bridgehead atoms. The van der Waals surface area contributed by atoms with Crippen molar-refractivity contribution in [2.45, 2.75) is 19.8 Å². The third-order valence-electron chi connectivity index (χ3n) is 2.93. The maximum absolute atomic E-state index is 11.9. The molecule has 1 amide bonds. The Labute approximate surface area is 127 Å². The first-order valence-corrected chi connectivity index (χ1v) is 7.64. The molecule has 6 heteroatoms. The van der Waals surface area contributed by atoms with Crippen molar-refractivity contribution >= 4 is 39.0 Å². The van der Waals surface area contributed by atoms with Crippen LogP contribution in [0.1, 0.15) is 29.4 Å². The van der Waals surface area contributed by atoms with Crippen molar-refractivity contribution in [3.05, 3.63) is 29.1 Å². The van der Waals surface area contributed by atoms with Crippen LogP contribution in [-0.4, -0.2) is 25.0 Å². The lowest BCUT2D eigenvalue weighted by molar-refractivity contribution is -0.124. The van der Waals surface area contributed by atoms with E-state index in [0.717, 1.165) is 22.9 Å². The van der Waals surface area contributed by atoms with Crippen LogP contribution in [0.4, 0.5) is 5.69 Å². The van der Waals surface area contributed by atoms with Crippen LogP contribution in [0.5, 0.6) is 0 Å². The van der Waals surface area contributed by atoms with Gasteiger partial charge in [0.25, 0.3) is 5.91 Å². The second-order valence-corrected chi connectivity index (χ2v) is 5.77. The van der Waals surface area contributed by atoms with E-state index < -0.39 is 5.97 Å². The van der Waals surface area contributed by atoms with Crippen molar-refractivity contribution in [2.24, 2.45) is 0 Å². The van der Waals surface area contributed by atoms with Gasteiger partial charge in [0.1, 0.15) is 4.88 Å². The Balaban J connectivity index is 1.91. The number of nitrogens with one attached hydrogen (secondary N) is 1. The molecule has 0 aliphatic carbocycles. The molecule has 2 aromatic rings. The number of benzene rings is 1. The monoisotopic (exact) mass is 306 g/mol. The van der Waals surface area contributed by atoms with E-state index in [4.69, 9.17) is 10.5 Å². The molecule has 3 N–H and O–H groups in total. The number of rotatable bonds is 6. The summed E-state index contributed by atoms with van der Waals surface area (Å²) in [5.41, 5.74) is 6.35. The highest BCUT2D eigenvalue weighted by Gasteiger charge is 2.13. The quantitative estimate of drug-likeness (QED) is 0.488. The number of amides is 1. The van der Waals surface area contributed by atoms with Crippen LogP contribution in [0, 0.1) is 0 Å². The molecule has 0 saturated heterocycles. The predicted molar refractivity (Wildman–Crippen MR) is 84.4 cm³/mol. The minimum atomic E-state index is -0.486. The zero-order valence-electron chi connectivity index (χ0n) is 11.8. The van der Waals surface area contributed by atoms with Crippen molar-refractivity contribution in [1.29, 1.82) is 0 Å². The molecule has 0 atom stereocenters. The number of carbonyl (C=O) groups is 2. The first-order valence-electron chi connectivity index (χ1n) is 6.83. The van der Waals surface area contributed by atoms with Gasteiger partial charge in [-0.25, -0.2) is 4.79 Å². The number of fused-ring (bicyclic) bond motifs is 1. The molecule has 0 saturated carbocycles. The second kappa shape index (κ2) is 7.08. The summed E-state index contributed by atoms with van der Waals surface area (Å²) in [6, 6.07) is 7.19. The molecule has 2 rings (SSSR count). The number of hydrogen-bond acceptors (Lipinski definition) is 5. The maximum atomic E-state index is 11.9. The molecule has 0 radical (unpaired) electrons. The van der Waals surface area contributed by atoms with Gasteiger partial charge in [0.15, 0.2) is 6.61 Å². The van der Waals surface area contributed by atoms with Gasteiger partial charge >= 0.3 is 5.97 Å². The lowest BCUT2D eigenvalue weighted by atomic mass is 10.2. The van der Waals surface area contributed by atoms with Crippen molar-refractivity contribution in [2.75, 3.05) is 18.9 Å². The van der Waals surface area contributed by atoms with Gasteiger partial charge in [0, 0.05) is 16.9 Å². The minimum absolute atomic E-state index is 0.251. The lowest BCUT2D eigenvalue weighted by Crippen LogP contribution is -2.29. The largest absolute Gasteiger partial charge is 0.451 e. The Morgan fingerprint density at radius 2 is 2.14 bits per heavy atom. The van der Waals surface area contributed by atoms with Gasteiger partial charge in [-0.15, -0.1) is 11.3 Å². The number of hydrogen-bond donors (Lipinski definition) is 2. The second-order valence-electron chi connectivity index (χ2n) is 4.69. The first-order chi connectivity index (χ1) is 10.1. The van der Waals surface area contributed by atoms with Crippen molar-refractivity contribution in [3.8, 4) is 0 Å². The van der Waals surface area contributed by atoms with E-state index in [1.807, 2.05) is 13.0 Å². The molecule has 0 spiro atoms. The Bertz CT molecular complexity index is 651. The summed E-state index contributed by atoms with van der Waals surface area (Å²) in [6.07, 6.45) is 1.92. The number of nitrogens with two attached hydrogens (primary N) is 1. The molecule has 1 aromatic carbocycles. The molecule has 0 unspecified atom stereocenters. The third kappa shape index (κ3) is 4.19. The van der Waals surface area contributed by atoms with Crippen molar-refractivity contribution < 1.29 is 14.3 Å². The van der Waals surface area contributed by atoms with Gasteiger partial charge in [-0.05, 0) is 36.1 Å². The number of nitrogen functional groups attached to an aromatic ring is 1. The van der Waals surface area contributed by atoms with Crippen LogP contribution < -0.4 is 11.1 Å². The standard InChI is InChI=1S/C15H18N2O3S/c1-2-3-6-17-14(18)9-20-15(19)13-8-10-7-11(16)4-5-12(10)21-13/h4-5,7-8H,2-3,6,9,16H2,1H3,(H,17,18). The molecule has 112 valence electrons. The van der Waals surface area contributed by atoms with E-state index in [1.165, 1.54) is 11.3 Å². The Morgan fingerprint density at radius 1 is 1.33 bits per heavy atom. The number of carbonyl (C=O) groups excluding carboxylic acids is 2. The van der Waals surface area contributed by atoms with Gasteiger partial charge in [-0.3, -0.25) is 4.79 Å². The molecule has 5 nitrogen and oxygen atoms in total. The number of unbranched alkanes of at least 4 members (excludes halogenated alkanes) is 1. The average Bonchev–Trinajstić information content (AvgIpc) is 2.88. The van der Waals surface area contributed by atoms with Crippen molar-refractivity contribution in [1.82, 2.24) is 5.32 Å². The summed E-state index contributed by atoms with van der Waals surface area (Å²) < 4.78 is 5.97. The summed E-state index contributed by atoms with van der Waals surface area (Å²) in [5, 5.41) is 3.60. The first kappa shape index (κ1) is 15.3. The summed E-state index contributed by atoms with van der Waals surface area (Å²) in [5.74, 6) is -0.762. The van der Waals surface area contributed by atoms with Gasteiger partial charge in [0.2, 0.25) is 0 Å². The van der Waals surface area contributed by atoms with Gasteiger partial charge in [-0.1, -0.05) is 13.3 Å². The van der Waals surface area contributed by atoms with Crippen LogP contribution in [-0.2, 0) is 9.53 Å². The van der Waals surface area contributed by atoms with Crippen LogP contribution in [0.15, 0.2) is 24.3 Å². The molecule has 1 heterocycles. The van der Waals surface area contributed by atoms with Crippen LogP contribution in [0.2, 0.25) is 0 Å². The van der Waals surface area contributed by atoms with Crippen molar-refractivity contribution in [3.63, 3.8) is 0 Å². The predicted octanol–water partition coefficient (Wildman–Crippen LogP) is 2.56. The highest BCUT2D eigenvalue weighted by Crippen LogP contribution is 2.27. The molecular weight excluding hydrogens is 288 g/mol. The number of esters is 1. The summed E-state index contributed by atoms with van der Waals surface area (Å²) in [7, 11) is 0. The molecule has 0 aliphatic rings. The highest BCUT2D eigenvalue weighted by molar-refractivity contribution is 7.20. The maximum Gasteiger partial charge on any atom is 0.348 e. The van der Waals surface area contributed by atoms with E-state index >= 15 is 0 Å². The molecule has 0 aliphatic heterocycles. The van der Waals surface area contributed by atoms with Crippen LogP contribution >= 0.6 is 11.3 Å². The van der Waals surface area contributed by atoms with Gasteiger partial charge in [-0.2, -0.15) is 0 Å². The molecular formula is C15H18N2O3S. The van der Waals surface area contributed by atoms with E-state index in [9.17, 15) is 9.59 Å². The molecule has 21 heavy (non-hydrogen) atoms. The zero-order chi connectivity index (χ0) is 15.2. The van der Waals surface area contributed by atoms with Crippen LogP contribution in [0.3, 0.4) is 0 Å². The summed E-state index contributed by atoms with van der Waals surface area (Å²) in [6.45, 7) is 2.40.